The smallest absolute Gasteiger partial charge is 0.247 e. The van der Waals surface area contributed by atoms with E-state index in [1.165, 1.54) is 6.08 Å². The average molecular weight is 298 g/mol. The number of carbonyl (C=O) groups is 1. The number of anilines is 1. The predicted octanol–water partition coefficient (Wildman–Crippen LogP) is 3.75. The molecule has 0 unspecified atom stereocenters. The second-order valence-electron chi connectivity index (χ2n) is 3.54. The van der Waals surface area contributed by atoms with Crippen molar-refractivity contribution in [1.29, 1.82) is 0 Å². The number of benzene rings is 1. The summed E-state index contributed by atoms with van der Waals surface area (Å²) in [6.07, 6.45) is 3.30. The zero-order valence-corrected chi connectivity index (χ0v) is 11.4. The van der Waals surface area contributed by atoms with Crippen molar-refractivity contribution in [3.63, 3.8) is 0 Å². The molecular formula is C13H16BrNO2. The molecule has 0 atom stereocenters. The molecule has 0 aliphatic rings. The van der Waals surface area contributed by atoms with E-state index in [0.717, 1.165) is 17.3 Å². The molecule has 0 heterocycles. The molecule has 0 radical (unpaired) electrons. The van der Waals surface area contributed by atoms with Gasteiger partial charge in [0, 0.05) is 4.47 Å². The molecule has 92 valence electrons. The van der Waals surface area contributed by atoms with E-state index in [2.05, 4.69) is 34.7 Å². The van der Waals surface area contributed by atoms with Gasteiger partial charge in [-0.2, -0.15) is 0 Å². The third-order valence-corrected chi connectivity index (χ3v) is 2.63. The first-order valence-electron chi connectivity index (χ1n) is 5.53. The van der Waals surface area contributed by atoms with Crippen molar-refractivity contribution >= 4 is 27.5 Å². The molecule has 1 aromatic rings. The van der Waals surface area contributed by atoms with E-state index in [0.29, 0.717) is 18.0 Å². The van der Waals surface area contributed by atoms with E-state index in [1.54, 1.807) is 0 Å². The summed E-state index contributed by atoms with van der Waals surface area (Å²) in [5.74, 6) is 0.431. The predicted molar refractivity (Wildman–Crippen MR) is 73.4 cm³/mol. The SMILES string of the molecule is C=CC(=O)Nc1cc(Br)ccc1OCCCC. The number of rotatable bonds is 6. The quantitative estimate of drug-likeness (QED) is 0.641. The highest BCUT2D eigenvalue weighted by atomic mass is 79.9. The summed E-state index contributed by atoms with van der Waals surface area (Å²) in [6.45, 7) is 6.17. The summed E-state index contributed by atoms with van der Waals surface area (Å²) >= 11 is 3.36. The minimum absolute atomic E-state index is 0.247. The Kier molecular flexibility index (Phi) is 5.77. The van der Waals surface area contributed by atoms with Gasteiger partial charge in [0.05, 0.1) is 12.3 Å². The highest BCUT2D eigenvalue weighted by Gasteiger charge is 2.06. The molecule has 17 heavy (non-hydrogen) atoms. The van der Waals surface area contributed by atoms with E-state index in [1.807, 2.05) is 18.2 Å². The topological polar surface area (TPSA) is 38.3 Å². The summed E-state index contributed by atoms with van der Waals surface area (Å²) in [7, 11) is 0. The van der Waals surface area contributed by atoms with Gasteiger partial charge in [-0.05, 0) is 30.7 Å². The monoisotopic (exact) mass is 297 g/mol. The maximum Gasteiger partial charge on any atom is 0.247 e. The second kappa shape index (κ2) is 7.12. The highest BCUT2D eigenvalue weighted by molar-refractivity contribution is 9.10. The number of unbranched alkanes of at least 4 members (excludes halogenated alkanes) is 1. The van der Waals surface area contributed by atoms with Crippen molar-refractivity contribution in [3.05, 3.63) is 35.3 Å². The van der Waals surface area contributed by atoms with Crippen LogP contribution >= 0.6 is 15.9 Å². The van der Waals surface area contributed by atoms with Crippen molar-refractivity contribution in [1.82, 2.24) is 0 Å². The summed E-state index contributed by atoms with van der Waals surface area (Å²) in [4.78, 5) is 11.3. The highest BCUT2D eigenvalue weighted by Crippen LogP contribution is 2.28. The van der Waals surface area contributed by atoms with Crippen molar-refractivity contribution < 1.29 is 9.53 Å². The van der Waals surface area contributed by atoms with E-state index >= 15 is 0 Å². The number of hydrogen-bond donors (Lipinski definition) is 1. The second-order valence-corrected chi connectivity index (χ2v) is 4.45. The summed E-state index contributed by atoms with van der Waals surface area (Å²) < 4.78 is 6.50. The van der Waals surface area contributed by atoms with Gasteiger partial charge in [0.15, 0.2) is 0 Å². The molecule has 0 aliphatic heterocycles. The number of amides is 1. The molecule has 1 amide bonds. The molecule has 0 fully saturated rings. The lowest BCUT2D eigenvalue weighted by atomic mass is 10.3. The van der Waals surface area contributed by atoms with Gasteiger partial charge in [-0.25, -0.2) is 0 Å². The Bertz CT molecular complexity index is 404. The first kappa shape index (κ1) is 13.8. The normalized spacial score (nSPS) is 9.76. The van der Waals surface area contributed by atoms with Gasteiger partial charge < -0.3 is 10.1 Å². The Labute approximate surface area is 110 Å². The average Bonchev–Trinajstić information content (AvgIpc) is 2.32. The standard InChI is InChI=1S/C13H16BrNO2/c1-3-5-8-17-12-7-6-10(14)9-11(12)15-13(16)4-2/h4,6-7,9H,2-3,5,8H2,1H3,(H,15,16). The van der Waals surface area contributed by atoms with Crippen LogP contribution < -0.4 is 10.1 Å². The first-order chi connectivity index (χ1) is 8.17. The third-order valence-electron chi connectivity index (χ3n) is 2.14. The van der Waals surface area contributed by atoms with Crippen LogP contribution in [0.1, 0.15) is 19.8 Å². The number of halogens is 1. The fourth-order valence-electron chi connectivity index (χ4n) is 1.24. The van der Waals surface area contributed by atoms with Crippen LogP contribution in [0.4, 0.5) is 5.69 Å². The zero-order chi connectivity index (χ0) is 12.7. The van der Waals surface area contributed by atoms with Crippen LogP contribution in [0.3, 0.4) is 0 Å². The van der Waals surface area contributed by atoms with Crippen LogP contribution in [0.15, 0.2) is 35.3 Å². The van der Waals surface area contributed by atoms with Crippen LogP contribution in [-0.2, 0) is 4.79 Å². The minimum atomic E-state index is -0.247. The lowest BCUT2D eigenvalue weighted by molar-refractivity contribution is -0.111. The van der Waals surface area contributed by atoms with Crippen LogP contribution in [0.2, 0.25) is 0 Å². The van der Waals surface area contributed by atoms with Gasteiger partial charge in [0.2, 0.25) is 5.91 Å². The molecule has 0 aromatic heterocycles. The van der Waals surface area contributed by atoms with Gasteiger partial charge in [-0.15, -0.1) is 0 Å². The van der Waals surface area contributed by atoms with Gasteiger partial charge in [0.1, 0.15) is 5.75 Å². The van der Waals surface area contributed by atoms with Crippen molar-refractivity contribution in [3.8, 4) is 5.75 Å². The Morgan fingerprint density at radius 3 is 3.00 bits per heavy atom. The molecule has 0 spiro atoms. The van der Waals surface area contributed by atoms with E-state index in [-0.39, 0.29) is 5.91 Å². The molecule has 1 rings (SSSR count). The number of ether oxygens (including phenoxy) is 1. The lowest BCUT2D eigenvalue weighted by Crippen LogP contribution is -2.09. The van der Waals surface area contributed by atoms with E-state index < -0.39 is 0 Å². The molecule has 3 nitrogen and oxygen atoms in total. The van der Waals surface area contributed by atoms with Crippen LogP contribution in [0.5, 0.6) is 5.75 Å². The van der Waals surface area contributed by atoms with Gasteiger partial charge in [0.25, 0.3) is 0 Å². The molecule has 0 saturated heterocycles. The Morgan fingerprint density at radius 1 is 1.59 bits per heavy atom. The van der Waals surface area contributed by atoms with Gasteiger partial charge in [-0.1, -0.05) is 35.9 Å². The van der Waals surface area contributed by atoms with Crippen molar-refractivity contribution in [2.75, 3.05) is 11.9 Å². The number of hydrogen-bond acceptors (Lipinski definition) is 2. The van der Waals surface area contributed by atoms with E-state index in [4.69, 9.17) is 4.74 Å². The minimum Gasteiger partial charge on any atom is -0.491 e. The van der Waals surface area contributed by atoms with E-state index in [9.17, 15) is 4.79 Å². The van der Waals surface area contributed by atoms with Crippen molar-refractivity contribution in [2.45, 2.75) is 19.8 Å². The number of nitrogens with one attached hydrogen (secondary N) is 1. The third kappa shape index (κ3) is 4.61. The lowest BCUT2D eigenvalue weighted by Gasteiger charge is -2.11. The van der Waals surface area contributed by atoms with Crippen LogP contribution in [0, 0.1) is 0 Å². The molecule has 0 saturated carbocycles. The molecule has 0 bridgehead atoms. The first-order valence-corrected chi connectivity index (χ1v) is 6.32. The fourth-order valence-corrected chi connectivity index (χ4v) is 1.60. The van der Waals surface area contributed by atoms with Crippen LogP contribution in [-0.4, -0.2) is 12.5 Å². The molecular weight excluding hydrogens is 282 g/mol. The fraction of sp³-hybridized carbons (Fsp3) is 0.308. The maximum atomic E-state index is 11.3. The largest absolute Gasteiger partial charge is 0.491 e. The Hall–Kier alpha value is -1.29. The van der Waals surface area contributed by atoms with Gasteiger partial charge in [-0.3, -0.25) is 4.79 Å². The van der Waals surface area contributed by atoms with Crippen molar-refractivity contribution in [2.24, 2.45) is 0 Å². The molecule has 1 aromatic carbocycles. The maximum absolute atomic E-state index is 11.3. The summed E-state index contributed by atoms with van der Waals surface area (Å²) in [5.41, 5.74) is 0.653. The van der Waals surface area contributed by atoms with Crippen LogP contribution in [0.25, 0.3) is 0 Å². The Morgan fingerprint density at radius 2 is 2.35 bits per heavy atom. The summed E-state index contributed by atoms with van der Waals surface area (Å²) in [6, 6.07) is 5.52. The molecule has 4 heteroatoms. The molecule has 1 N–H and O–H groups in total. The van der Waals surface area contributed by atoms with Gasteiger partial charge >= 0.3 is 0 Å². The number of carbonyl (C=O) groups excluding carboxylic acids is 1. The zero-order valence-electron chi connectivity index (χ0n) is 9.83. The summed E-state index contributed by atoms with van der Waals surface area (Å²) in [5, 5.41) is 2.72. The Balaban J connectivity index is 2.79. The molecule has 0 aliphatic carbocycles.